The van der Waals surface area contributed by atoms with Crippen molar-refractivity contribution in [3.8, 4) is 16.3 Å². The molecule has 2 aromatic carbocycles. The maximum absolute atomic E-state index is 12.7. The third kappa shape index (κ3) is 5.30. The van der Waals surface area contributed by atoms with Crippen LogP contribution in [-0.2, 0) is 21.2 Å². The van der Waals surface area contributed by atoms with E-state index in [-0.39, 0.29) is 22.8 Å². The number of rotatable bonds is 8. The van der Waals surface area contributed by atoms with E-state index < -0.39 is 15.9 Å². The van der Waals surface area contributed by atoms with Crippen LogP contribution in [0, 0.1) is 6.92 Å². The Labute approximate surface area is 186 Å². The van der Waals surface area contributed by atoms with Crippen LogP contribution in [0.25, 0.3) is 10.6 Å². The minimum absolute atomic E-state index is 0.00875. The Hall–Kier alpha value is -2.75. The Balaban J connectivity index is 1.74. The lowest BCUT2D eigenvalue weighted by Crippen LogP contribution is -2.30. The van der Waals surface area contributed by atoms with Gasteiger partial charge >= 0.3 is 0 Å². The van der Waals surface area contributed by atoms with Crippen LogP contribution < -0.4 is 5.32 Å². The fourth-order valence-electron chi connectivity index (χ4n) is 3.06. The van der Waals surface area contributed by atoms with Crippen molar-refractivity contribution >= 4 is 33.0 Å². The molecule has 1 aromatic heterocycles. The van der Waals surface area contributed by atoms with Gasteiger partial charge in [0.25, 0.3) is 0 Å². The summed E-state index contributed by atoms with van der Waals surface area (Å²) in [7, 11) is -3.71. The van der Waals surface area contributed by atoms with Gasteiger partial charge in [0.2, 0.25) is 15.9 Å². The van der Waals surface area contributed by atoms with Crippen molar-refractivity contribution in [1.29, 1.82) is 0 Å². The summed E-state index contributed by atoms with van der Waals surface area (Å²) in [5.41, 5.74) is 2.79. The van der Waals surface area contributed by atoms with E-state index in [1.165, 1.54) is 33.8 Å². The van der Waals surface area contributed by atoms with Gasteiger partial charge < -0.3 is 10.4 Å². The zero-order valence-electron chi connectivity index (χ0n) is 17.6. The molecule has 0 bridgehead atoms. The average molecular weight is 460 g/mol. The molecular formula is C22H25N3O4S2. The third-order valence-corrected chi connectivity index (χ3v) is 7.76. The minimum Gasteiger partial charge on any atom is -0.506 e. The number of benzene rings is 2. The number of carbonyl (C=O) groups is 1. The standard InChI is InChI=1S/C22H25N3O4S2/c1-4-25(5-2)31(28,29)18-10-11-20(26)19(13-18)24-21(27)12-17-14-30-22(23-17)16-8-6-15(3)7-9-16/h6-11,13-14,26H,4-5,12H2,1-3H3,(H,24,27). The van der Waals surface area contributed by atoms with Crippen LogP contribution >= 0.6 is 11.3 Å². The van der Waals surface area contributed by atoms with Crippen LogP contribution in [-0.4, -0.2) is 41.8 Å². The van der Waals surface area contributed by atoms with Gasteiger partial charge in [-0.3, -0.25) is 4.79 Å². The number of carbonyl (C=O) groups excluding carboxylic acids is 1. The number of aromatic hydroxyl groups is 1. The molecule has 0 spiro atoms. The number of thiazole rings is 1. The van der Waals surface area contributed by atoms with Crippen LogP contribution in [0.2, 0.25) is 0 Å². The Morgan fingerprint density at radius 3 is 2.45 bits per heavy atom. The molecule has 0 aliphatic heterocycles. The second-order valence-corrected chi connectivity index (χ2v) is 9.80. The number of nitrogens with zero attached hydrogens (tertiary/aromatic N) is 2. The fourth-order valence-corrected chi connectivity index (χ4v) is 5.37. The van der Waals surface area contributed by atoms with Crippen LogP contribution in [0.15, 0.2) is 52.7 Å². The number of aromatic nitrogens is 1. The number of amides is 1. The molecule has 0 radical (unpaired) electrons. The van der Waals surface area contributed by atoms with E-state index in [0.717, 1.165) is 16.1 Å². The molecule has 1 amide bonds. The smallest absolute Gasteiger partial charge is 0.243 e. The number of hydrogen-bond donors (Lipinski definition) is 2. The maximum atomic E-state index is 12.7. The minimum atomic E-state index is -3.71. The molecule has 164 valence electrons. The molecule has 1 heterocycles. The SMILES string of the molecule is CCN(CC)S(=O)(=O)c1ccc(O)c(NC(=O)Cc2csc(-c3ccc(C)cc3)n2)c1. The van der Waals surface area contributed by atoms with Gasteiger partial charge in [0.15, 0.2) is 0 Å². The van der Waals surface area contributed by atoms with Gasteiger partial charge in [0.1, 0.15) is 10.8 Å². The Kier molecular flexibility index (Phi) is 7.09. The Morgan fingerprint density at radius 2 is 1.81 bits per heavy atom. The van der Waals surface area contributed by atoms with Crippen molar-refractivity contribution in [2.24, 2.45) is 0 Å². The van der Waals surface area contributed by atoms with E-state index in [4.69, 9.17) is 0 Å². The lowest BCUT2D eigenvalue weighted by atomic mass is 10.2. The first kappa shape index (κ1) is 22.9. The normalized spacial score (nSPS) is 11.6. The second kappa shape index (κ2) is 9.59. The van der Waals surface area contributed by atoms with E-state index in [0.29, 0.717) is 18.8 Å². The molecule has 0 aliphatic carbocycles. The first-order valence-electron chi connectivity index (χ1n) is 9.89. The monoisotopic (exact) mass is 459 g/mol. The largest absolute Gasteiger partial charge is 0.506 e. The number of nitrogens with one attached hydrogen (secondary N) is 1. The van der Waals surface area contributed by atoms with E-state index in [9.17, 15) is 18.3 Å². The maximum Gasteiger partial charge on any atom is 0.243 e. The number of hydrogen-bond acceptors (Lipinski definition) is 6. The molecule has 0 unspecified atom stereocenters. The summed E-state index contributed by atoms with van der Waals surface area (Å²) in [6.45, 7) is 6.17. The van der Waals surface area contributed by atoms with E-state index >= 15 is 0 Å². The van der Waals surface area contributed by atoms with Gasteiger partial charge in [-0.15, -0.1) is 11.3 Å². The number of phenolic OH excluding ortho intramolecular Hbond substituents is 1. The zero-order valence-corrected chi connectivity index (χ0v) is 19.3. The van der Waals surface area contributed by atoms with Crippen LogP contribution in [0.5, 0.6) is 5.75 Å². The molecule has 0 atom stereocenters. The van der Waals surface area contributed by atoms with Crippen LogP contribution in [0.3, 0.4) is 0 Å². The summed E-state index contributed by atoms with van der Waals surface area (Å²) in [5.74, 6) is -0.598. The highest BCUT2D eigenvalue weighted by atomic mass is 32.2. The summed E-state index contributed by atoms with van der Waals surface area (Å²) in [6.07, 6.45) is 0.00875. The second-order valence-electron chi connectivity index (χ2n) is 7.00. The van der Waals surface area contributed by atoms with E-state index in [2.05, 4.69) is 10.3 Å². The zero-order chi connectivity index (χ0) is 22.6. The summed E-state index contributed by atoms with van der Waals surface area (Å²) in [5, 5.41) is 15.3. The first-order valence-corrected chi connectivity index (χ1v) is 12.2. The van der Waals surface area contributed by atoms with Crippen molar-refractivity contribution in [2.45, 2.75) is 32.1 Å². The topological polar surface area (TPSA) is 99.6 Å². The number of phenols is 1. The van der Waals surface area contributed by atoms with Crippen molar-refractivity contribution in [3.63, 3.8) is 0 Å². The fraction of sp³-hybridized carbons (Fsp3) is 0.273. The van der Waals surface area contributed by atoms with Gasteiger partial charge in [-0.05, 0) is 25.1 Å². The molecule has 3 rings (SSSR count). The van der Waals surface area contributed by atoms with Gasteiger partial charge in [-0.1, -0.05) is 43.7 Å². The molecule has 3 aromatic rings. The van der Waals surface area contributed by atoms with Crippen molar-refractivity contribution in [2.75, 3.05) is 18.4 Å². The van der Waals surface area contributed by atoms with Crippen molar-refractivity contribution in [3.05, 3.63) is 59.1 Å². The lowest BCUT2D eigenvalue weighted by Gasteiger charge is -2.19. The van der Waals surface area contributed by atoms with Gasteiger partial charge in [0, 0.05) is 24.0 Å². The number of anilines is 1. The molecule has 0 aliphatic rings. The van der Waals surface area contributed by atoms with Crippen molar-refractivity contribution < 1.29 is 18.3 Å². The summed E-state index contributed by atoms with van der Waals surface area (Å²) >= 11 is 1.45. The molecule has 0 saturated carbocycles. The highest BCUT2D eigenvalue weighted by Gasteiger charge is 2.23. The first-order chi connectivity index (χ1) is 14.7. The molecule has 7 nitrogen and oxygen atoms in total. The highest BCUT2D eigenvalue weighted by Crippen LogP contribution is 2.29. The predicted octanol–water partition coefficient (Wildman–Crippen LogP) is 4.04. The summed E-state index contributed by atoms with van der Waals surface area (Å²) in [4.78, 5) is 17.0. The summed E-state index contributed by atoms with van der Waals surface area (Å²) < 4.78 is 26.7. The molecular weight excluding hydrogens is 434 g/mol. The van der Waals surface area contributed by atoms with E-state index in [1.54, 1.807) is 13.8 Å². The van der Waals surface area contributed by atoms with Gasteiger partial charge in [-0.25, -0.2) is 13.4 Å². The molecule has 31 heavy (non-hydrogen) atoms. The highest BCUT2D eigenvalue weighted by molar-refractivity contribution is 7.89. The van der Waals surface area contributed by atoms with Crippen LogP contribution in [0.1, 0.15) is 25.1 Å². The predicted molar refractivity (Wildman–Crippen MR) is 123 cm³/mol. The Bertz CT molecular complexity index is 1170. The number of aryl methyl sites for hydroxylation is 1. The average Bonchev–Trinajstić information content (AvgIpc) is 3.19. The van der Waals surface area contributed by atoms with Crippen LogP contribution in [0.4, 0.5) is 5.69 Å². The number of sulfonamides is 1. The molecule has 0 fully saturated rings. The quantitative estimate of drug-likeness (QED) is 0.495. The Morgan fingerprint density at radius 1 is 1.13 bits per heavy atom. The van der Waals surface area contributed by atoms with E-state index in [1.807, 2.05) is 36.6 Å². The lowest BCUT2D eigenvalue weighted by molar-refractivity contribution is -0.115. The molecule has 2 N–H and O–H groups in total. The van der Waals surface area contributed by atoms with Gasteiger partial charge in [0.05, 0.1) is 22.7 Å². The van der Waals surface area contributed by atoms with Gasteiger partial charge in [-0.2, -0.15) is 4.31 Å². The molecule has 9 heteroatoms. The summed E-state index contributed by atoms with van der Waals surface area (Å²) in [6, 6.07) is 11.9. The molecule has 0 saturated heterocycles. The van der Waals surface area contributed by atoms with Crippen molar-refractivity contribution in [1.82, 2.24) is 9.29 Å². The third-order valence-electron chi connectivity index (χ3n) is 4.78.